The smallest absolute Gasteiger partial charge is 0.286 e. The first-order valence-electron chi connectivity index (χ1n) is 5.42. The fourth-order valence-corrected chi connectivity index (χ4v) is 1.76. The predicted octanol–water partition coefficient (Wildman–Crippen LogP) is 1.14. The molecule has 2 rings (SSSR count). The summed E-state index contributed by atoms with van der Waals surface area (Å²) in [5, 5.41) is 0. The monoisotopic (exact) mass is 255 g/mol. The molecule has 0 aliphatic carbocycles. The van der Waals surface area contributed by atoms with E-state index in [0.29, 0.717) is 18.9 Å². The van der Waals surface area contributed by atoms with Gasteiger partial charge in [0.15, 0.2) is 0 Å². The lowest BCUT2D eigenvalue weighted by molar-refractivity contribution is 0.0879. The van der Waals surface area contributed by atoms with Crippen molar-refractivity contribution in [3.8, 4) is 0 Å². The fraction of sp³-hybridized carbons (Fsp3) is 0.455. The second-order valence-electron chi connectivity index (χ2n) is 3.76. The summed E-state index contributed by atoms with van der Waals surface area (Å²) in [5.74, 6) is 0.486. The van der Waals surface area contributed by atoms with Crippen LogP contribution in [0.5, 0.6) is 0 Å². The Kier molecular flexibility index (Phi) is 3.81. The summed E-state index contributed by atoms with van der Waals surface area (Å²) < 4.78 is 6.28. The number of halogens is 1. The zero-order valence-electron chi connectivity index (χ0n) is 9.60. The largest absolute Gasteiger partial charge is 0.378 e. The number of nitrogens with zero attached hydrogens (tertiary/aromatic N) is 3. The van der Waals surface area contributed by atoms with Crippen LogP contribution in [0.1, 0.15) is 10.5 Å². The van der Waals surface area contributed by atoms with E-state index in [1.54, 1.807) is 6.07 Å². The standard InChI is InChI=1S/C11H14ClN3O2/c1-14(12)11(16)9-3-2-4-10(13-9)15-5-7-17-8-6-15/h2-4H,5-8H2,1H3. The molecule has 5 nitrogen and oxygen atoms in total. The van der Waals surface area contributed by atoms with Gasteiger partial charge in [-0.1, -0.05) is 6.07 Å². The Labute approximate surface area is 105 Å². The topological polar surface area (TPSA) is 45.7 Å². The third kappa shape index (κ3) is 2.87. The Morgan fingerprint density at radius 1 is 1.47 bits per heavy atom. The van der Waals surface area contributed by atoms with Gasteiger partial charge >= 0.3 is 0 Å². The molecule has 1 amide bonds. The Hall–Kier alpha value is -1.33. The first kappa shape index (κ1) is 12.1. The number of ether oxygens (including phenoxy) is 1. The van der Waals surface area contributed by atoms with Gasteiger partial charge in [-0.15, -0.1) is 0 Å². The van der Waals surface area contributed by atoms with Gasteiger partial charge < -0.3 is 9.64 Å². The number of amides is 1. The summed E-state index contributed by atoms with van der Waals surface area (Å²) in [4.78, 5) is 18.1. The SMILES string of the molecule is CN(Cl)C(=O)c1cccc(N2CCOCC2)n1. The normalized spacial score (nSPS) is 15.8. The minimum atomic E-state index is -0.304. The summed E-state index contributed by atoms with van der Waals surface area (Å²) in [6, 6.07) is 5.35. The lowest BCUT2D eigenvalue weighted by atomic mass is 10.3. The second kappa shape index (κ2) is 5.33. The van der Waals surface area contributed by atoms with Crippen molar-refractivity contribution in [2.75, 3.05) is 38.3 Å². The third-order valence-corrected chi connectivity index (χ3v) is 2.72. The van der Waals surface area contributed by atoms with Crippen LogP contribution in [0.3, 0.4) is 0 Å². The molecular weight excluding hydrogens is 242 g/mol. The molecule has 0 bridgehead atoms. The summed E-state index contributed by atoms with van der Waals surface area (Å²) in [6.45, 7) is 2.97. The zero-order chi connectivity index (χ0) is 12.3. The molecule has 0 atom stereocenters. The minimum absolute atomic E-state index is 0.304. The Morgan fingerprint density at radius 3 is 2.82 bits per heavy atom. The van der Waals surface area contributed by atoms with E-state index in [4.69, 9.17) is 16.5 Å². The number of aromatic nitrogens is 1. The van der Waals surface area contributed by atoms with Crippen molar-refractivity contribution in [2.24, 2.45) is 0 Å². The first-order valence-corrected chi connectivity index (χ1v) is 5.76. The molecule has 92 valence electrons. The molecule has 1 aliphatic heterocycles. The van der Waals surface area contributed by atoms with Crippen LogP contribution in [0.15, 0.2) is 18.2 Å². The third-order valence-electron chi connectivity index (χ3n) is 2.57. The van der Waals surface area contributed by atoms with Crippen molar-refractivity contribution >= 4 is 23.5 Å². The van der Waals surface area contributed by atoms with Crippen LogP contribution in [0.4, 0.5) is 5.82 Å². The van der Waals surface area contributed by atoms with E-state index in [-0.39, 0.29) is 5.91 Å². The van der Waals surface area contributed by atoms with Gasteiger partial charge in [0.2, 0.25) is 0 Å². The lowest BCUT2D eigenvalue weighted by Gasteiger charge is -2.28. The molecule has 1 saturated heterocycles. The molecule has 2 heterocycles. The van der Waals surface area contributed by atoms with E-state index in [1.807, 2.05) is 12.1 Å². The molecule has 0 saturated carbocycles. The van der Waals surface area contributed by atoms with Crippen LogP contribution in [-0.2, 0) is 4.74 Å². The van der Waals surface area contributed by atoms with Gasteiger partial charge in [0.1, 0.15) is 11.5 Å². The van der Waals surface area contributed by atoms with E-state index < -0.39 is 0 Å². The number of anilines is 1. The molecule has 1 aromatic heterocycles. The highest BCUT2D eigenvalue weighted by molar-refractivity contribution is 6.23. The highest BCUT2D eigenvalue weighted by Crippen LogP contribution is 2.14. The number of rotatable bonds is 2. The van der Waals surface area contributed by atoms with Gasteiger partial charge in [-0.05, 0) is 12.1 Å². The summed E-state index contributed by atoms with van der Waals surface area (Å²) >= 11 is 5.61. The Morgan fingerprint density at radius 2 is 2.18 bits per heavy atom. The van der Waals surface area contributed by atoms with Crippen LogP contribution in [0, 0.1) is 0 Å². The molecule has 1 aromatic rings. The number of carbonyl (C=O) groups is 1. The van der Waals surface area contributed by atoms with Gasteiger partial charge in [0.05, 0.1) is 13.2 Å². The van der Waals surface area contributed by atoms with Crippen LogP contribution in [0.2, 0.25) is 0 Å². The average Bonchev–Trinajstić information content (AvgIpc) is 2.39. The average molecular weight is 256 g/mol. The molecule has 0 aromatic carbocycles. The first-order chi connectivity index (χ1) is 8.18. The van der Waals surface area contributed by atoms with Gasteiger partial charge in [0.25, 0.3) is 5.91 Å². The van der Waals surface area contributed by atoms with Crippen molar-refractivity contribution in [1.29, 1.82) is 0 Å². The van der Waals surface area contributed by atoms with Crippen molar-refractivity contribution in [3.05, 3.63) is 23.9 Å². The molecule has 17 heavy (non-hydrogen) atoms. The highest BCUT2D eigenvalue weighted by atomic mass is 35.5. The molecule has 0 radical (unpaired) electrons. The molecule has 0 N–H and O–H groups in total. The van der Waals surface area contributed by atoms with Gasteiger partial charge in [-0.25, -0.2) is 4.98 Å². The van der Waals surface area contributed by atoms with Crippen molar-refractivity contribution in [2.45, 2.75) is 0 Å². The lowest BCUT2D eigenvalue weighted by Crippen LogP contribution is -2.37. The van der Waals surface area contributed by atoms with E-state index in [0.717, 1.165) is 23.3 Å². The highest BCUT2D eigenvalue weighted by Gasteiger charge is 2.16. The molecule has 0 spiro atoms. The molecular formula is C11H14ClN3O2. The number of pyridine rings is 1. The maximum Gasteiger partial charge on any atom is 0.286 e. The van der Waals surface area contributed by atoms with E-state index in [2.05, 4.69) is 9.88 Å². The Bertz CT molecular complexity index is 405. The minimum Gasteiger partial charge on any atom is -0.378 e. The van der Waals surface area contributed by atoms with E-state index >= 15 is 0 Å². The van der Waals surface area contributed by atoms with Crippen LogP contribution < -0.4 is 4.90 Å². The second-order valence-corrected chi connectivity index (χ2v) is 4.27. The van der Waals surface area contributed by atoms with Crippen LogP contribution >= 0.6 is 11.8 Å². The number of hydrogen-bond donors (Lipinski definition) is 0. The Balaban J connectivity index is 2.18. The van der Waals surface area contributed by atoms with E-state index in [1.165, 1.54) is 7.05 Å². The molecule has 1 aliphatic rings. The van der Waals surface area contributed by atoms with Crippen molar-refractivity contribution in [3.63, 3.8) is 0 Å². The molecule has 6 heteroatoms. The maximum absolute atomic E-state index is 11.7. The summed E-state index contributed by atoms with van der Waals surface area (Å²) in [5.41, 5.74) is 0.353. The zero-order valence-corrected chi connectivity index (χ0v) is 10.4. The summed E-state index contributed by atoms with van der Waals surface area (Å²) in [7, 11) is 1.49. The molecule has 1 fully saturated rings. The van der Waals surface area contributed by atoms with Crippen LogP contribution in [0.25, 0.3) is 0 Å². The number of carbonyl (C=O) groups excluding carboxylic acids is 1. The van der Waals surface area contributed by atoms with Gasteiger partial charge in [-0.3, -0.25) is 9.21 Å². The molecule has 0 unspecified atom stereocenters. The summed E-state index contributed by atoms with van der Waals surface area (Å²) in [6.07, 6.45) is 0. The van der Waals surface area contributed by atoms with Gasteiger partial charge in [0, 0.05) is 31.9 Å². The van der Waals surface area contributed by atoms with E-state index in [9.17, 15) is 4.79 Å². The van der Waals surface area contributed by atoms with Crippen molar-refractivity contribution in [1.82, 2.24) is 9.40 Å². The van der Waals surface area contributed by atoms with Gasteiger partial charge in [-0.2, -0.15) is 0 Å². The fourth-order valence-electron chi connectivity index (χ4n) is 1.67. The predicted molar refractivity (Wildman–Crippen MR) is 65.2 cm³/mol. The van der Waals surface area contributed by atoms with Crippen LogP contribution in [-0.4, -0.2) is 48.7 Å². The van der Waals surface area contributed by atoms with Crippen molar-refractivity contribution < 1.29 is 9.53 Å². The quantitative estimate of drug-likeness (QED) is 0.744. The number of hydrogen-bond acceptors (Lipinski definition) is 4. The number of morpholine rings is 1. The maximum atomic E-state index is 11.7.